The Morgan fingerprint density at radius 2 is 1.75 bits per heavy atom. The normalized spacial score (nSPS) is 11.2. The van der Waals surface area contributed by atoms with Crippen LogP contribution in [0.15, 0.2) is 66.9 Å². The van der Waals surface area contributed by atoms with Crippen molar-refractivity contribution in [3.8, 4) is 11.4 Å². The van der Waals surface area contributed by atoms with E-state index in [9.17, 15) is 0 Å². The van der Waals surface area contributed by atoms with Crippen molar-refractivity contribution < 1.29 is 0 Å². The number of pyridine rings is 1. The third-order valence-electron chi connectivity index (χ3n) is 3.68. The van der Waals surface area contributed by atoms with Crippen molar-refractivity contribution >= 4 is 16.4 Å². The van der Waals surface area contributed by atoms with E-state index in [2.05, 4.69) is 58.8 Å². The maximum atomic E-state index is 4.60. The monoisotopic (exact) mass is 258 g/mol. The molecule has 20 heavy (non-hydrogen) atoms. The highest BCUT2D eigenvalue weighted by molar-refractivity contribution is 5.85. The molecule has 2 aromatic heterocycles. The van der Waals surface area contributed by atoms with Crippen molar-refractivity contribution in [1.29, 1.82) is 0 Å². The highest BCUT2D eigenvalue weighted by Gasteiger charge is 2.08. The molecule has 0 saturated carbocycles. The molecule has 0 aliphatic carbocycles. The van der Waals surface area contributed by atoms with Crippen molar-refractivity contribution in [3.05, 3.63) is 72.4 Å². The van der Waals surface area contributed by atoms with E-state index in [0.29, 0.717) is 0 Å². The fourth-order valence-electron chi connectivity index (χ4n) is 2.71. The van der Waals surface area contributed by atoms with Gasteiger partial charge >= 0.3 is 0 Å². The van der Waals surface area contributed by atoms with Gasteiger partial charge in [0.2, 0.25) is 0 Å². The van der Waals surface area contributed by atoms with Crippen LogP contribution in [0.25, 0.3) is 27.8 Å². The first kappa shape index (κ1) is 11.2. The Morgan fingerprint density at radius 1 is 0.900 bits per heavy atom. The summed E-state index contributed by atoms with van der Waals surface area (Å²) in [5, 5.41) is 1.24. The number of nitrogens with zero attached hydrogens (tertiary/aromatic N) is 2. The van der Waals surface area contributed by atoms with Crippen LogP contribution in [0.3, 0.4) is 0 Å². The molecule has 4 aromatic rings. The second-order valence-corrected chi connectivity index (χ2v) is 5.10. The van der Waals surface area contributed by atoms with Crippen LogP contribution in [0.5, 0.6) is 0 Å². The van der Waals surface area contributed by atoms with Gasteiger partial charge in [0.15, 0.2) is 0 Å². The summed E-state index contributed by atoms with van der Waals surface area (Å²) >= 11 is 0. The number of hydrogen-bond donors (Lipinski definition) is 0. The van der Waals surface area contributed by atoms with Gasteiger partial charge < -0.3 is 0 Å². The zero-order chi connectivity index (χ0) is 13.5. The Labute approximate surface area is 117 Å². The number of fused-ring (bicyclic) bond motifs is 3. The molecule has 0 fully saturated rings. The minimum absolute atomic E-state index is 0.995. The third kappa shape index (κ3) is 1.62. The molecule has 0 spiro atoms. The predicted octanol–water partition coefficient (Wildman–Crippen LogP) is 4.46. The van der Waals surface area contributed by atoms with Crippen LogP contribution >= 0.6 is 0 Å². The van der Waals surface area contributed by atoms with Crippen LogP contribution in [-0.4, -0.2) is 9.38 Å². The van der Waals surface area contributed by atoms with Gasteiger partial charge in [0.05, 0.1) is 17.2 Å². The zero-order valence-electron chi connectivity index (χ0n) is 11.2. The highest BCUT2D eigenvalue weighted by Crippen LogP contribution is 2.25. The lowest BCUT2D eigenvalue weighted by Gasteiger charge is -2.07. The summed E-state index contributed by atoms with van der Waals surface area (Å²) in [5.74, 6) is 0.995. The van der Waals surface area contributed by atoms with Crippen molar-refractivity contribution in [3.63, 3.8) is 0 Å². The topological polar surface area (TPSA) is 17.3 Å². The van der Waals surface area contributed by atoms with Gasteiger partial charge in [0.25, 0.3) is 0 Å². The Morgan fingerprint density at radius 3 is 2.60 bits per heavy atom. The molecule has 0 saturated heterocycles. The first-order valence-electron chi connectivity index (χ1n) is 6.75. The fourth-order valence-corrected chi connectivity index (χ4v) is 2.71. The molecule has 4 rings (SSSR count). The molecule has 0 amide bonds. The summed E-state index contributed by atoms with van der Waals surface area (Å²) in [6, 6.07) is 21.1. The number of benzene rings is 2. The summed E-state index contributed by atoms with van der Waals surface area (Å²) in [6.07, 6.45) is 1.93. The number of rotatable bonds is 1. The van der Waals surface area contributed by atoms with Gasteiger partial charge in [-0.05, 0) is 30.5 Å². The molecule has 2 heteroatoms. The van der Waals surface area contributed by atoms with Crippen LogP contribution < -0.4 is 0 Å². The largest absolute Gasteiger partial charge is 0.292 e. The van der Waals surface area contributed by atoms with Gasteiger partial charge in [-0.25, -0.2) is 4.98 Å². The molecule has 0 unspecified atom stereocenters. The van der Waals surface area contributed by atoms with Crippen LogP contribution in [0.4, 0.5) is 0 Å². The lowest BCUT2D eigenvalue weighted by atomic mass is 10.1. The van der Waals surface area contributed by atoms with Gasteiger partial charge in [-0.1, -0.05) is 48.0 Å². The molecule has 0 bridgehead atoms. The van der Waals surface area contributed by atoms with Crippen LogP contribution in [0.1, 0.15) is 5.56 Å². The summed E-state index contributed by atoms with van der Waals surface area (Å²) in [6.45, 7) is 2.12. The first-order valence-corrected chi connectivity index (χ1v) is 6.75. The van der Waals surface area contributed by atoms with E-state index in [1.165, 1.54) is 16.5 Å². The van der Waals surface area contributed by atoms with E-state index < -0.39 is 0 Å². The lowest BCUT2D eigenvalue weighted by molar-refractivity contribution is 1.21. The Bertz CT molecular complexity index is 905. The molecular formula is C18H14N2. The summed E-state index contributed by atoms with van der Waals surface area (Å²) in [7, 11) is 0. The quantitative estimate of drug-likeness (QED) is 0.492. The van der Waals surface area contributed by atoms with Gasteiger partial charge in [0.1, 0.15) is 5.82 Å². The summed E-state index contributed by atoms with van der Waals surface area (Å²) in [4.78, 5) is 4.60. The third-order valence-corrected chi connectivity index (χ3v) is 3.68. The Kier molecular flexibility index (Phi) is 2.36. The molecule has 2 nitrogen and oxygen atoms in total. The van der Waals surface area contributed by atoms with E-state index in [1.54, 1.807) is 0 Å². The van der Waals surface area contributed by atoms with E-state index in [-0.39, 0.29) is 0 Å². The molecule has 0 atom stereocenters. The lowest BCUT2D eigenvalue weighted by Crippen LogP contribution is -1.92. The number of aromatic nitrogens is 2. The van der Waals surface area contributed by atoms with Gasteiger partial charge in [0, 0.05) is 5.56 Å². The smallest absolute Gasteiger partial charge is 0.144 e. The number of hydrogen-bond acceptors (Lipinski definition) is 1. The minimum atomic E-state index is 0.995. The molecule has 0 aliphatic heterocycles. The van der Waals surface area contributed by atoms with Crippen LogP contribution in [0, 0.1) is 6.92 Å². The van der Waals surface area contributed by atoms with Crippen molar-refractivity contribution in [2.45, 2.75) is 6.92 Å². The van der Waals surface area contributed by atoms with Crippen molar-refractivity contribution in [1.82, 2.24) is 9.38 Å². The van der Waals surface area contributed by atoms with E-state index >= 15 is 0 Å². The Balaban J connectivity index is 2.13. The molecule has 2 heterocycles. The van der Waals surface area contributed by atoms with Gasteiger partial charge in [-0.15, -0.1) is 0 Å². The molecule has 0 aliphatic rings. The van der Waals surface area contributed by atoms with Crippen LogP contribution in [-0.2, 0) is 0 Å². The SMILES string of the molecule is Cc1ccc2c(ccc3cnc(-c4ccccc4)n32)c1. The summed E-state index contributed by atoms with van der Waals surface area (Å²) < 4.78 is 2.23. The average Bonchev–Trinajstić information content (AvgIpc) is 2.92. The van der Waals surface area contributed by atoms with E-state index in [0.717, 1.165) is 16.9 Å². The molecule has 0 N–H and O–H groups in total. The highest BCUT2D eigenvalue weighted by atomic mass is 15.0. The first-order chi connectivity index (χ1) is 9.83. The van der Waals surface area contributed by atoms with E-state index in [4.69, 9.17) is 0 Å². The predicted molar refractivity (Wildman–Crippen MR) is 82.9 cm³/mol. The second kappa shape index (κ2) is 4.20. The number of aryl methyl sites for hydroxylation is 1. The van der Waals surface area contributed by atoms with Gasteiger partial charge in [-0.3, -0.25) is 4.40 Å². The second-order valence-electron chi connectivity index (χ2n) is 5.10. The van der Waals surface area contributed by atoms with Gasteiger partial charge in [-0.2, -0.15) is 0 Å². The summed E-state index contributed by atoms with van der Waals surface area (Å²) in [5.41, 5.74) is 4.74. The minimum Gasteiger partial charge on any atom is -0.292 e. The number of imidazole rings is 1. The standard InChI is InChI=1S/C18H14N2/c1-13-7-10-17-15(11-13)8-9-16-12-19-18(20(16)17)14-5-3-2-4-6-14/h2-12H,1H3. The molecule has 2 aromatic carbocycles. The Hall–Kier alpha value is -2.61. The fraction of sp³-hybridized carbons (Fsp3) is 0.0556. The van der Waals surface area contributed by atoms with Crippen molar-refractivity contribution in [2.24, 2.45) is 0 Å². The van der Waals surface area contributed by atoms with Crippen LogP contribution in [0.2, 0.25) is 0 Å². The molecule has 0 radical (unpaired) electrons. The molecular weight excluding hydrogens is 244 g/mol. The maximum Gasteiger partial charge on any atom is 0.144 e. The average molecular weight is 258 g/mol. The maximum absolute atomic E-state index is 4.60. The van der Waals surface area contributed by atoms with E-state index in [1.807, 2.05) is 24.4 Å². The zero-order valence-corrected chi connectivity index (χ0v) is 11.2. The molecule has 96 valence electrons. The van der Waals surface area contributed by atoms with Crippen molar-refractivity contribution in [2.75, 3.05) is 0 Å².